The summed E-state index contributed by atoms with van der Waals surface area (Å²) in [5, 5.41) is 0.388. The highest BCUT2D eigenvalue weighted by Crippen LogP contribution is 2.21. The number of benzene rings is 2. The third-order valence-corrected chi connectivity index (χ3v) is 6.68. The van der Waals surface area contributed by atoms with Crippen molar-refractivity contribution in [1.29, 1.82) is 0 Å². The minimum Gasteiger partial charge on any atom is -0.384 e. The second-order valence-electron chi connectivity index (χ2n) is 8.65. The first kappa shape index (κ1) is 24.8. The summed E-state index contributed by atoms with van der Waals surface area (Å²) in [6.07, 6.45) is 0. The normalized spacial score (nSPS) is 14.8. The molecule has 1 aromatic heterocycles. The predicted octanol–water partition coefficient (Wildman–Crippen LogP) is 1.97. The first-order valence-corrected chi connectivity index (χ1v) is 11.7. The van der Waals surface area contributed by atoms with E-state index in [2.05, 4.69) is 4.90 Å². The number of hydrogen-bond donors (Lipinski definition) is 1. The summed E-state index contributed by atoms with van der Waals surface area (Å²) >= 11 is 6.14. The van der Waals surface area contributed by atoms with E-state index >= 15 is 0 Å². The minimum absolute atomic E-state index is 0.00270. The molecule has 0 aliphatic carbocycles. The molecule has 4 rings (SSSR count). The van der Waals surface area contributed by atoms with Gasteiger partial charge in [-0.05, 0) is 17.7 Å². The SMILES string of the molecule is Cn1c(=O)c(C(=O)CN2CCN(Cc3c(F)cccc3Cl)CC2)c(N)n(Cc2ccccc2)c1=O. The number of rotatable bonds is 7. The summed E-state index contributed by atoms with van der Waals surface area (Å²) in [7, 11) is 1.34. The molecule has 184 valence electrons. The zero-order valence-electron chi connectivity index (χ0n) is 19.4. The van der Waals surface area contributed by atoms with Gasteiger partial charge in [0.2, 0.25) is 0 Å². The Hall–Kier alpha value is -3.27. The van der Waals surface area contributed by atoms with Crippen LogP contribution in [0, 0.1) is 5.82 Å². The fourth-order valence-electron chi connectivity index (χ4n) is 4.26. The highest BCUT2D eigenvalue weighted by molar-refractivity contribution is 6.31. The molecular formula is C25H27ClFN5O3. The molecule has 0 unspecified atom stereocenters. The Morgan fingerprint density at radius 3 is 2.29 bits per heavy atom. The number of anilines is 1. The van der Waals surface area contributed by atoms with Crippen LogP contribution in [0.4, 0.5) is 10.2 Å². The van der Waals surface area contributed by atoms with E-state index in [1.54, 1.807) is 12.1 Å². The zero-order chi connectivity index (χ0) is 25.1. The number of hydrogen-bond acceptors (Lipinski definition) is 6. The van der Waals surface area contributed by atoms with Crippen molar-refractivity contribution in [2.24, 2.45) is 7.05 Å². The predicted molar refractivity (Wildman–Crippen MR) is 133 cm³/mol. The molecule has 0 radical (unpaired) electrons. The number of carbonyl (C=O) groups excluding carboxylic acids is 1. The van der Waals surface area contributed by atoms with E-state index in [-0.39, 0.29) is 30.3 Å². The molecule has 1 aliphatic heterocycles. The van der Waals surface area contributed by atoms with Crippen molar-refractivity contribution in [3.05, 3.63) is 96.9 Å². The van der Waals surface area contributed by atoms with E-state index in [1.807, 2.05) is 35.2 Å². The molecule has 2 aromatic carbocycles. The molecule has 0 saturated carbocycles. The number of nitrogen functional groups attached to an aromatic ring is 1. The molecule has 0 bridgehead atoms. The molecule has 0 atom stereocenters. The van der Waals surface area contributed by atoms with Crippen LogP contribution in [0.2, 0.25) is 5.02 Å². The summed E-state index contributed by atoms with van der Waals surface area (Å²) in [5.41, 5.74) is 6.02. The van der Waals surface area contributed by atoms with Crippen molar-refractivity contribution in [3.8, 4) is 0 Å². The fraction of sp³-hybridized carbons (Fsp3) is 0.320. The first-order chi connectivity index (χ1) is 16.8. The van der Waals surface area contributed by atoms with Crippen LogP contribution in [0.25, 0.3) is 0 Å². The molecule has 35 heavy (non-hydrogen) atoms. The van der Waals surface area contributed by atoms with E-state index in [0.717, 1.165) is 10.1 Å². The van der Waals surface area contributed by atoms with Crippen LogP contribution in [-0.4, -0.2) is 57.4 Å². The largest absolute Gasteiger partial charge is 0.384 e. The summed E-state index contributed by atoms with van der Waals surface area (Å²) in [6.45, 7) is 2.86. The second kappa shape index (κ2) is 10.6. The number of ketones is 1. The highest BCUT2D eigenvalue weighted by atomic mass is 35.5. The lowest BCUT2D eigenvalue weighted by Crippen LogP contribution is -2.49. The number of Topliss-reactive ketones (excluding diaryl/α,β-unsaturated/α-hetero) is 1. The molecule has 1 fully saturated rings. The Labute approximate surface area is 206 Å². The van der Waals surface area contributed by atoms with E-state index < -0.39 is 17.0 Å². The van der Waals surface area contributed by atoms with Crippen molar-refractivity contribution in [1.82, 2.24) is 18.9 Å². The van der Waals surface area contributed by atoms with Crippen LogP contribution >= 0.6 is 11.6 Å². The van der Waals surface area contributed by atoms with Gasteiger partial charge in [0.15, 0.2) is 5.78 Å². The Kier molecular flexibility index (Phi) is 7.49. The van der Waals surface area contributed by atoms with E-state index in [9.17, 15) is 18.8 Å². The number of aromatic nitrogens is 2. The van der Waals surface area contributed by atoms with Gasteiger partial charge in [-0.1, -0.05) is 48.0 Å². The highest BCUT2D eigenvalue weighted by Gasteiger charge is 2.26. The Morgan fingerprint density at radius 1 is 0.971 bits per heavy atom. The monoisotopic (exact) mass is 499 g/mol. The Balaban J connectivity index is 1.47. The third-order valence-electron chi connectivity index (χ3n) is 6.32. The van der Waals surface area contributed by atoms with Crippen LogP contribution in [-0.2, 0) is 20.1 Å². The molecule has 0 spiro atoms. The number of nitrogens with zero attached hydrogens (tertiary/aromatic N) is 4. The molecule has 2 heterocycles. The Bertz CT molecular complexity index is 1330. The number of carbonyl (C=O) groups is 1. The van der Waals surface area contributed by atoms with E-state index in [4.69, 9.17) is 17.3 Å². The number of nitrogens with two attached hydrogens (primary N) is 1. The number of piperazine rings is 1. The van der Waals surface area contributed by atoms with E-state index in [0.29, 0.717) is 43.3 Å². The third kappa shape index (κ3) is 5.37. The van der Waals surface area contributed by atoms with Crippen molar-refractivity contribution in [2.75, 3.05) is 38.5 Å². The quantitative estimate of drug-likeness (QED) is 0.500. The molecule has 0 amide bonds. The number of halogens is 2. The zero-order valence-corrected chi connectivity index (χ0v) is 20.2. The van der Waals surface area contributed by atoms with Crippen LogP contribution in [0.15, 0.2) is 58.1 Å². The topological polar surface area (TPSA) is 93.6 Å². The van der Waals surface area contributed by atoms with Crippen LogP contribution in [0.3, 0.4) is 0 Å². The van der Waals surface area contributed by atoms with Gasteiger partial charge >= 0.3 is 5.69 Å². The van der Waals surface area contributed by atoms with Gasteiger partial charge in [-0.25, -0.2) is 9.18 Å². The molecule has 8 nitrogen and oxygen atoms in total. The Morgan fingerprint density at radius 2 is 1.63 bits per heavy atom. The van der Waals surface area contributed by atoms with Gasteiger partial charge in [0.05, 0.1) is 13.1 Å². The average Bonchev–Trinajstić information content (AvgIpc) is 2.85. The van der Waals surface area contributed by atoms with Crippen molar-refractivity contribution in [2.45, 2.75) is 13.1 Å². The lowest BCUT2D eigenvalue weighted by atomic mass is 10.1. The maximum atomic E-state index is 14.1. The van der Waals surface area contributed by atoms with E-state index in [1.165, 1.54) is 17.7 Å². The van der Waals surface area contributed by atoms with Crippen LogP contribution in [0.1, 0.15) is 21.5 Å². The van der Waals surface area contributed by atoms with Crippen LogP contribution in [0.5, 0.6) is 0 Å². The van der Waals surface area contributed by atoms with Gasteiger partial charge in [0, 0.05) is 50.4 Å². The summed E-state index contributed by atoms with van der Waals surface area (Å²) < 4.78 is 16.3. The van der Waals surface area contributed by atoms with Crippen molar-refractivity contribution in [3.63, 3.8) is 0 Å². The summed E-state index contributed by atoms with van der Waals surface area (Å²) in [4.78, 5) is 42.6. The van der Waals surface area contributed by atoms with Gasteiger partial charge in [0.1, 0.15) is 17.2 Å². The lowest BCUT2D eigenvalue weighted by molar-refractivity contribution is 0.0840. The first-order valence-electron chi connectivity index (χ1n) is 11.3. The molecule has 3 aromatic rings. The molecular weight excluding hydrogens is 473 g/mol. The summed E-state index contributed by atoms with van der Waals surface area (Å²) in [6, 6.07) is 13.8. The average molecular weight is 500 g/mol. The lowest BCUT2D eigenvalue weighted by Gasteiger charge is -2.34. The minimum atomic E-state index is -0.699. The van der Waals surface area contributed by atoms with Gasteiger partial charge < -0.3 is 5.73 Å². The van der Waals surface area contributed by atoms with Gasteiger partial charge in [-0.2, -0.15) is 0 Å². The molecule has 1 aliphatic rings. The van der Waals surface area contributed by atoms with Gasteiger partial charge in [-0.3, -0.25) is 28.5 Å². The standard InChI is InChI=1S/C25H27ClFN5O3/c1-29-24(34)22(23(28)32(25(29)35)14-17-6-3-2-4-7-17)21(33)16-31-12-10-30(11-13-31)15-18-19(26)8-5-9-20(18)27/h2-9H,10-16,28H2,1H3. The maximum Gasteiger partial charge on any atom is 0.332 e. The second-order valence-corrected chi connectivity index (χ2v) is 9.06. The summed E-state index contributed by atoms with van der Waals surface area (Å²) in [5.74, 6) is -0.901. The van der Waals surface area contributed by atoms with Crippen LogP contribution < -0.4 is 17.0 Å². The van der Waals surface area contributed by atoms with Crippen molar-refractivity contribution < 1.29 is 9.18 Å². The molecule has 10 heteroatoms. The smallest absolute Gasteiger partial charge is 0.332 e. The fourth-order valence-corrected chi connectivity index (χ4v) is 4.48. The van der Waals surface area contributed by atoms with Gasteiger partial charge in [-0.15, -0.1) is 0 Å². The van der Waals surface area contributed by atoms with Crippen molar-refractivity contribution >= 4 is 23.2 Å². The molecule has 1 saturated heterocycles. The van der Waals surface area contributed by atoms with Gasteiger partial charge in [0.25, 0.3) is 5.56 Å². The molecule has 2 N–H and O–H groups in total. The maximum absolute atomic E-state index is 14.1.